The van der Waals surface area contributed by atoms with Crippen LogP contribution in [0.4, 0.5) is 0 Å². The Morgan fingerprint density at radius 3 is 1.13 bits per heavy atom. The molecule has 2 heteroatoms. The van der Waals surface area contributed by atoms with Crippen molar-refractivity contribution >= 4 is 0 Å². The normalized spacial score (nSPS) is 12.2. The molecule has 0 saturated carbocycles. The van der Waals surface area contributed by atoms with Crippen molar-refractivity contribution in [1.29, 1.82) is 0 Å². The van der Waals surface area contributed by atoms with Crippen LogP contribution in [0.2, 0.25) is 0 Å². The lowest BCUT2D eigenvalue weighted by Crippen LogP contribution is -2.21. The van der Waals surface area contributed by atoms with Gasteiger partial charge in [0.15, 0.2) is 0 Å². The second-order valence-electron chi connectivity index (χ2n) is 16.8. The summed E-state index contributed by atoms with van der Waals surface area (Å²) >= 11 is 0. The second kappa shape index (κ2) is 20.8. The molecule has 0 spiro atoms. The van der Waals surface area contributed by atoms with Crippen LogP contribution in [-0.4, -0.2) is 10.2 Å². The standard InChI is InChI=1S/C51H72O2/c1-8-11-13-15-17-19-23-29-39-35-44(48(52)46(37-39)50(4,5)41-31-25-21-26-32-41)43(10-3)45-36-40(30-24-20-18-16-14-12-9-2)38-47(49(45)53)51(6,7)42-33-27-22-28-34-42/h21-22,25-28,31-38,43,52-53H,8-20,23-24,29-30H2,1-7H3. The summed E-state index contributed by atoms with van der Waals surface area (Å²) in [6, 6.07) is 30.3. The van der Waals surface area contributed by atoms with Gasteiger partial charge in [0, 0.05) is 39.0 Å². The smallest absolute Gasteiger partial charge is 0.123 e. The summed E-state index contributed by atoms with van der Waals surface area (Å²) in [4.78, 5) is 0. The van der Waals surface area contributed by atoms with Crippen molar-refractivity contribution in [2.24, 2.45) is 0 Å². The van der Waals surface area contributed by atoms with Crippen molar-refractivity contribution in [3.05, 3.63) is 129 Å². The average Bonchev–Trinajstić information content (AvgIpc) is 3.16. The molecule has 0 saturated heterocycles. The summed E-state index contributed by atoms with van der Waals surface area (Å²) in [6.45, 7) is 15.7. The van der Waals surface area contributed by atoms with Gasteiger partial charge in [0.1, 0.15) is 11.5 Å². The highest BCUT2D eigenvalue weighted by atomic mass is 16.3. The van der Waals surface area contributed by atoms with Crippen molar-refractivity contribution in [1.82, 2.24) is 0 Å². The summed E-state index contributed by atoms with van der Waals surface area (Å²) in [7, 11) is 0. The zero-order valence-electron chi connectivity index (χ0n) is 34.6. The summed E-state index contributed by atoms with van der Waals surface area (Å²) in [5, 5.41) is 24.8. The number of aryl methyl sites for hydroxylation is 2. The topological polar surface area (TPSA) is 40.5 Å². The van der Waals surface area contributed by atoms with Crippen LogP contribution in [0, 0.1) is 0 Å². The van der Waals surface area contributed by atoms with Crippen LogP contribution in [0.25, 0.3) is 0 Å². The van der Waals surface area contributed by atoms with Gasteiger partial charge in [0.05, 0.1) is 0 Å². The van der Waals surface area contributed by atoms with Gasteiger partial charge in [-0.25, -0.2) is 0 Å². The molecular formula is C51H72O2. The number of phenolic OH excluding ortho intramolecular Hbond substituents is 2. The molecule has 0 radical (unpaired) electrons. The van der Waals surface area contributed by atoms with Crippen LogP contribution in [0.15, 0.2) is 84.9 Å². The first-order valence-electron chi connectivity index (χ1n) is 21.4. The van der Waals surface area contributed by atoms with Gasteiger partial charge in [-0.2, -0.15) is 0 Å². The monoisotopic (exact) mass is 717 g/mol. The fraction of sp³-hybridized carbons (Fsp3) is 0.529. The van der Waals surface area contributed by atoms with Crippen LogP contribution in [-0.2, 0) is 23.7 Å². The molecule has 53 heavy (non-hydrogen) atoms. The predicted octanol–water partition coefficient (Wildman–Crippen LogP) is 14.9. The number of phenols is 2. The molecule has 0 aliphatic carbocycles. The third kappa shape index (κ3) is 11.3. The second-order valence-corrected chi connectivity index (χ2v) is 16.8. The van der Waals surface area contributed by atoms with E-state index in [-0.39, 0.29) is 5.92 Å². The van der Waals surface area contributed by atoms with E-state index < -0.39 is 10.8 Å². The van der Waals surface area contributed by atoms with Crippen LogP contribution < -0.4 is 0 Å². The Bertz CT molecular complexity index is 1530. The summed E-state index contributed by atoms with van der Waals surface area (Å²) < 4.78 is 0. The number of rotatable bonds is 23. The minimum absolute atomic E-state index is 0.145. The largest absolute Gasteiger partial charge is 0.507 e. The van der Waals surface area contributed by atoms with E-state index in [1.807, 2.05) is 0 Å². The van der Waals surface area contributed by atoms with E-state index in [4.69, 9.17) is 0 Å². The Morgan fingerprint density at radius 2 is 0.792 bits per heavy atom. The molecule has 0 aromatic heterocycles. The molecule has 0 fully saturated rings. The van der Waals surface area contributed by atoms with Crippen molar-refractivity contribution < 1.29 is 10.2 Å². The van der Waals surface area contributed by atoms with Gasteiger partial charge in [-0.1, -0.05) is 210 Å². The lowest BCUT2D eigenvalue weighted by molar-refractivity contribution is 0.431. The van der Waals surface area contributed by atoms with Gasteiger partial charge in [-0.3, -0.25) is 0 Å². The summed E-state index contributed by atoms with van der Waals surface area (Å²) in [5.41, 5.74) is 7.99. The molecule has 4 rings (SSSR count). The number of hydrogen-bond donors (Lipinski definition) is 2. The predicted molar refractivity (Wildman–Crippen MR) is 229 cm³/mol. The molecule has 0 bridgehead atoms. The molecule has 2 nitrogen and oxygen atoms in total. The Morgan fingerprint density at radius 1 is 0.453 bits per heavy atom. The first-order valence-corrected chi connectivity index (χ1v) is 21.4. The minimum Gasteiger partial charge on any atom is -0.507 e. The maximum absolute atomic E-state index is 12.4. The molecule has 4 aromatic rings. The molecule has 0 aliphatic heterocycles. The van der Waals surface area contributed by atoms with Crippen LogP contribution in [0.5, 0.6) is 11.5 Å². The Balaban J connectivity index is 1.80. The van der Waals surface area contributed by atoms with Crippen LogP contribution >= 0.6 is 0 Å². The third-order valence-corrected chi connectivity index (χ3v) is 12.0. The van der Waals surface area contributed by atoms with Crippen molar-refractivity contribution in [2.45, 2.75) is 174 Å². The molecule has 288 valence electrons. The number of hydrogen-bond acceptors (Lipinski definition) is 2. The zero-order chi connectivity index (χ0) is 38.3. The first-order chi connectivity index (χ1) is 25.6. The average molecular weight is 717 g/mol. The van der Waals surface area contributed by atoms with Gasteiger partial charge in [-0.05, 0) is 54.4 Å². The third-order valence-electron chi connectivity index (χ3n) is 12.0. The molecule has 0 aliphatic rings. The Labute approximate surface area is 324 Å². The Hall–Kier alpha value is -3.52. The molecule has 4 aromatic carbocycles. The SMILES string of the molecule is CCCCCCCCCc1cc(C(CC)c2cc(CCCCCCCCC)cc(C(C)(C)c3ccccc3)c2O)c(O)c(C(C)(C)c2ccccc2)c1. The van der Waals surface area contributed by atoms with E-state index in [9.17, 15) is 10.2 Å². The van der Waals surface area contributed by atoms with Gasteiger partial charge in [-0.15, -0.1) is 0 Å². The first kappa shape index (κ1) is 42.2. The van der Waals surface area contributed by atoms with Gasteiger partial charge < -0.3 is 10.2 Å². The highest BCUT2D eigenvalue weighted by Gasteiger charge is 2.33. The molecule has 0 heterocycles. The minimum atomic E-state index is -0.393. The van der Waals surface area contributed by atoms with Crippen molar-refractivity contribution in [3.8, 4) is 11.5 Å². The fourth-order valence-corrected chi connectivity index (χ4v) is 8.41. The lowest BCUT2D eigenvalue weighted by atomic mass is 9.72. The van der Waals surface area contributed by atoms with Crippen LogP contribution in [0.1, 0.15) is 195 Å². The number of benzene rings is 4. The highest BCUT2D eigenvalue weighted by molar-refractivity contribution is 5.59. The van der Waals surface area contributed by atoms with E-state index >= 15 is 0 Å². The molecule has 0 unspecified atom stereocenters. The van der Waals surface area contributed by atoms with E-state index in [0.29, 0.717) is 11.5 Å². The number of unbranched alkanes of at least 4 members (excludes halogenated alkanes) is 12. The maximum Gasteiger partial charge on any atom is 0.123 e. The lowest BCUT2D eigenvalue weighted by Gasteiger charge is -2.32. The van der Waals surface area contributed by atoms with Gasteiger partial charge in [0.25, 0.3) is 0 Å². The molecular weight excluding hydrogens is 645 g/mol. The summed E-state index contributed by atoms with van der Waals surface area (Å²) in [5.74, 6) is 0.596. The Kier molecular flexibility index (Phi) is 16.6. The van der Waals surface area contributed by atoms with Gasteiger partial charge in [0.2, 0.25) is 0 Å². The number of aromatic hydroxyl groups is 2. The molecule has 2 N–H and O–H groups in total. The van der Waals surface area contributed by atoms with Crippen LogP contribution in [0.3, 0.4) is 0 Å². The van der Waals surface area contributed by atoms with Crippen molar-refractivity contribution in [3.63, 3.8) is 0 Å². The van der Waals surface area contributed by atoms with Crippen molar-refractivity contribution in [2.75, 3.05) is 0 Å². The summed E-state index contributed by atoms with van der Waals surface area (Å²) in [6.07, 6.45) is 20.6. The fourth-order valence-electron chi connectivity index (χ4n) is 8.41. The van der Waals surface area contributed by atoms with E-state index in [2.05, 4.69) is 133 Å². The maximum atomic E-state index is 12.4. The highest BCUT2D eigenvalue weighted by Crippen LogP contribution is 2.48. The van der Waals surface area contributed by atoms with Gasteiger partial charge >= 0.3 is 0 Å². The molecule has 0 amide bonds. The van der Waals surface area contributed by atoms with E-state index in [0.717, 1.165) is 54.4 Å². The molecule has 0 atom stereocenters. The van der Waals surface area contributed by atoms with E-state index in [1.54, 1.807) is 0 Å². The quantitative estimate of drug-likeness (QED) is 0.0750. The zero-order valence-corrected chi connectivity index (χ0v) is 34.6. The van der Waals surface area contributed by atoms with E-state index in [1.165, 1.54) is 99.3 Å².